The van der Waals surface area contributed by atoms with Crippen molar-refractivity contribution in [1.29, 1.82) is 0 Å². The molecule has 23 heavy (non-hydrogen) atoms. The van der Waals surface area contributed by atoms with E-state index in [-0.39, 0.29) is 30.2 Å². The first-order chi connectivity index (χ1) is 10.2. The standard InChI is InChI=1S/C20H15.2ClH.Hf/c1-20(13-16-8-2-3-9-17(16)14-20)19-12-6-10-15-7-4-5-11-18(15)19;;;/h2-13H,1H3;2*1H;. The number of hydrogen-bond acceptors (Lipinski definition) is 0. The van der Waals surface area contributed by atoms with Crippen LogP contribution >= 0.6 is 24.8 Å². The maximum Gasteiger partial charge on any atom is -0.147 e. The first-order valence-electron chi connectivity index (χ1n) is 7.23. The smallest absolute Gasteiger partial charge is 0.147 e. The van der Waals surface area contributed by atoms with E-state index in [1.165, 1.54) is 26.8 Å². The molecule has 3 aromatic rings. The van der Waals surface area contributed by atoms with E-state index in [0.29, 0.717) is 0 Å². The van der Waals surface area contributed by atoms with Crippen LogP contribution in [0, 0.1) is 0 Å². The fourth-order valence-corrected chi connectivity index (χ4v) is 4.97. The molecule has 0 heterocycles. The van der Waals surface area contributed by atoms with E-state index in [4.69, 9.17) is 0 Å². The number of halogens is 2. The number of fused-ring (bicyclic) bond motifs is 2. The van der Waals surface area contributed by atoms with Crippen molar-refractivity contribution in [2.75, 3.05) is 0 Å². The van der Waals surface area contributed by atoms with Crippen LogP contribution in [0.1, 0.15) is 12.5 Å². The Labute approximate surface area is 163 Å². The van der Waals surface area contributed by atoms with E-state index in [2.05, 4.69) is 79.7 Å². The molecule has 0 fully saturated rings. The van der Waals surface area contributed by atoms with Crippen molar-refractivity contribution in [2.24, 2.45) is 0 Å². The third-order valence-electron chi connectivity index (χ3n) is 4.54. The van der Waals surface area contributed by atoms with E-state index in [1.807, 2.05) is 0 Å². The molecule has 0 spiro atoms. The molecule has 1 aliphatic carbocycles. The van der Waals surface area contributed by atoms with Crippen LogP contribution in [0.4, 0.5) is 0 Å². The predicted octanol–water partition coefficient (Wildman–Crippen LogP) is 4.09. The second-order valence-corrected chi connectivity index (χ2v) is 7.63. The van der Waals surface area contributed by atoms with E-state index in [1.54, 1.807) is 3.33 Å². The maximum absolute atomic E-state index is 2.45. The number of rotatable bonds is 1. The van der Waals surface area contributed by atoms with Gasteiger partial charge in [-0.15, -0.1) is 24.8 Å². The molecule has 4 rings (SSSR count). The van der Waals surface area contributed by atoms with Gasteiger partial charge in [0, 0.05) is 0 Å². The fourth-order valence-electron chi connectivity index (χ4n) is 3.40. The summed E-state index contributed by atoms with van der Waals surface area (Å²) in [4.78, 5) is 0. The van der Waals surface area contributed by atoms with E-state index >= 15 is 0 Å². The summed E-state index contributed by atoms with van der Waals surface area (Å²) in [5, 5.41) is 5.53. The van der Waals surface area contributed by atoms with Gasteiger partial charge in [-0.05, 0) is 0 Å². The average molecular weight is 507 g/mol. The Hall–Kier alpha value is -0.890. The molecule has 0 saturated heterocycles. The molecule has 0 N–H and O–H groups in total. The Bertz CT molecular complexity index is 973. The van der Waals surface area contributed by atoms with Crippen LogP contribution < -0.4 is 10.4 Å². The zero-order chi connectivity index (χ0) is 14.4. The predicted molar refractivity (Wildman–Crippen MR) is 99.4 cm³/mol. The number of hydrogen-bond donors (Lipinski definition) is 0. The summed E-state index contributed by atoms with van der Waals surface area (Å²) in [7, 11) is 0. The third kappa shape index (κ3) is 2.84. The van der Waals surface area contributed by atoms with Gasteiger partial charge in [-0.3, -0.25) is 0 Å². The van der Waals surface area contributed by atoms with Gasteiger partial charge < -0.3 is 0 Å². The van der Waals surface area contributed by atoms with Gasteiger partial charge in [0.05, 0.1) is 0 Å². The van der Waals surface area contributed by atoms with Gasteiger partial charge in [0.2, 0.25) is 0 Å². The summed E-state index contributed by atoms with van der Waals surface area (Å²) < 4.78 is 1.58. The second kappa shape index (κ2) is 6.93. The number of benzene rings is 3. The largest absolute Gasteiger partial charge is 0.147 e. The van der Waals surface area contributed by atoms with Gasteiger partial charge in [-0.2, -0.15) is 0 Å². The van der Waals surface area contributed by atoms with Crippen molar-refractivity contribution in [3.63, 3.8) is 0 Å². The first-order valence-corrected chi connectivity index (χ1v) is 9.02. The molecule has 1 atom stereocenters. The van der Waals surface area contributed by atoms with Crippen LogP contribution in [0.3, 0.4) is 0 Å². The topological polar surface area (TPSA) is 0 Å². The zero-order valence-electron chi connectivity index (χ0n) is 12.7. The van der Waals surface area contributed by atoms with Crippen LogP contribution in [0.25, 0.3) is 20.2 Å². The minimum Gasteiger partial charge on any atom is -0.147 e. The fraction of sp³-hybridized carbons (Fsp3) is 0.100. The normalized spacial score (nSPS) is 18.5. The molecular formula is C20H17Cl2Hf. The zero-order valence-corrected chi connectivity index (χ0v) is 18.0. The van der Waals surface area contributed by atoms with Crippen molar-refractivity contribution in [2.45, 2.75) is 12.3 Å². The van der Waals surface area contributed by atoms with Crippen molar-refractivity contribution in [3.8, 4) is 0 Å². The van der Waals surface area contributed by atoms with Gasteiger partial charge >= 0.3 is 140 Å². The summed E-state index contributed by atoms with van der Waals surface area (Å²) in [6.07, 6.45) is 2.45. The van der Waals surface area contributed by atoms with Gasteiger partial charge in [0.1, 0.15) is 0 Å². The third-order valence-corrected chi connectivity index (χ3v) is 7.38. The van der Waals surface area contributed by atoms with Crippen LogP contribution in [0.5, 0.6) is 0 Å². The molecule has 0 nitrogen and oxygen atoms in total. The van der Waals surface area contributed by atoms with Gasteiger partial charge in [0.25, 0.3) is 0 Å². The van der Waals surface area contributed by atoms with Crippen LogP contribution in [0.2, 0.25) is 0 Å². The van der Waals surface area contributed by atoms with Gasteiger partial charge in [0.15, 0.2) is 0 Å². The monoisotopic (exact) mass is 507 g/mol. The SMILES string of the molecule is CC1(c2cccc3ccccc23)C=c2ccccc2=[C]1[Hf].Cl.Cl. The van der Waals surface area contributed by atoms with Crippen LogP contribution in [0.15, 0.2) is 66.7 Å². The molecule has 1 aliphatic rings. The summed E-state index contributed by atoms with van der Waals surface area (Å²) >= 11 is 1.08. The average Bonchev–Trinajstić information content (AvgIpc) is 2.79. The molecule has 0 saturated carbocycles. The molecule has 1 unspecified atom stereocenters. The molecule has 0 aromatic heterocycles. The molecule has 3 heteroatoms. The van der Waals surface area contributed by atoms with Gasteiger partial charge in [-0.25, -0.2) is 0 Å². The van der Waals surface area contributed by atoms with E-state index in [0.717, 1.165) is 24.4 Å². The quantitative estimate of drug-likeness (QED) is 0.436. The van der Waals surface area contributed by atoms with Crippen molar-refractivity contribution in [3.05, 3.63) is 82.7 Å². The van der Waals surface area contributed by atoms with Crippen LogP contribution in [-0.2, 0) is 29.8 Å². The van der Waals surface area contributed by atoms with Crippen molar-refractivity contribution in [1.82, 2.24) is 0 Å². The Kier molecular flexibility index (Phi) is 5.56. The van der Waals surface area contributed by atoms with Crippen molar-refractivity contribution < 1.29 is 24.4 Å². The maximum atomic E-state index is 2.45. The van der Waals surface area contributed by atoms with E-state index in [9.17, 15) is 0 Å². The molecule has 0 bridgehead atoms. The van der Waals surface area contributed by atoms with Gasteiger partial charge in [-0.1, -0.05) is 0 Å². The Balaban J connectivity index is 0.000000960. The summed E-state index contributed by atoms with van der Waals surface area (Å²) in [6.45, 7) is 2.37. The van der Waals surface area contributed by atoms with Crippen LogP contribution in [-0.4, -0.2) is 0 Å². The molecular weight excluding hydrogens is 490 g/mol. The minimum absolute atomic E-state index is 0. The molecule has 0 amide bonds. The van der Waals surface area contributed by atoms with Crippen molar-refractivity contribution >= 4 is 45.0 Å². The Morgan fingerprint density at radius 1 is 0.783 bits per heavy atom. The second-order valence-electron chi connectivity index (χ2n) is 5.84. The molecule has 0 radical (unpaired) electrons. The molecule has 0 aliphatic heterocycles. The summed E-state index contributed by atoms with van der Waals surface area (Å²) in [5.74, 6) is 0. The van der Waals surface area contributed by atoms with E-state index < -0.39 is 0 Å². The summed E-state index contributed by atoms with van der Waals surface area (Å²) in [6, 6.07) is 24.2. The molecule has 115 valence electrons. The Morgan fingerprint density at radius 3 is 2.22 bits per heavy atom. The first kappa shape index (κ1) is 18.4. The minimum atomic E-state index is 0. The Morgan fingerprint density at radius 2 is 1.43 bits per heavy atom. The molecule has 3 aromatic carbocycles. The summed E-state index contributed by atoms with van der Waals surface area (Å²) in [5.41, 5.74) is 1.47.